The van der Waals surface area contributed by atoms with E-state index in [-0.39, 0.29) is 30.3 Å². The van der Waals surface area contributed by atoms with Gasteiger partial charge in [0.05, 0.1) is 25.4 Å². The standard InChI is InChI=1S/C20H28O7/c1-16(2)6-5-11(21)17-7-27-20(25,14(23)12(16)17)19-10(17)4-3-9(13(19)22)18(8-26-18)15(19)24/h9-14,21-23,25H,3-8H2,1-2H3/t9?,10?,11-,12?,13?,14-,17+,18+,19?,20?/m0/s1. The molecular formula is C20H28O7. The third kappa shape index (κ3) is 1.41. The quantitative estimate of drug-likeness (QED) is 0.422. The third-order valence-corrected chi connectivity index (χ3v) is 9.58. The Kier molecular flexibility index (Phi) is 2.85. The van der Waals surface area contributed by atoms with Gasteiger partial charge in [-0.25, -0.2) is 0 Å². The van der Waals surface area contributed by atoms with E-state index in [2.05, 4.69) is 13.8 Å². The van der Waals surface area contributed by atoms with E-state index in [4.69, 9.17) is 9.47 Å². The van der Waals surface area contributed by atoms with Crippen molar-refractivity contribution in [2.24, 2.45) is 34.0 Å². The summed E-state index contributed by atoms with van der Waals surface area (Å²) in [7, 11) is 0. The normalized spacial score (nSPS) is 65.2. The van der Waals surface area contributed by atoms with Crippen molar-refractivity contribution >= 4 is 5.78 Å². The van der Waals surface area contributed by atoms with Crippen molar-refractivity contribution in [1.82, 2.24) is 0 Å². The Hall–Kier alpha value is -0.570. The molecule has 3 heterocycles. The van der Waals surface area contributed by atoms with Gasteiger partial charge in [0.15, 0.2) is 11.4 Å². The number of hydrogen-bond acceptors (Lipinski definition) is 7. The van der Waals surface area contributed by atoms with Crippen LogP contribution < -0.4 is 0 Å². The van der Waals surface area contributed by atoms with Crippen molar-refractivity contribution in [2.75, 3.05) is 13.2 Å². The van der Waals surface area contributed by atoms with Gasteiger partial charge in [-0.05, 0) is 37.0 Å². The molecule has 7 heteroatoms. The first-order chi connectivity index (χ1) is 12.6. The van der Waals surface area contributed by atoms with E-state index < -0.39 is 52.4 Å². The predicted octanol–water partition coefficient (Wildman–Crippen LogP) is -0.412. The molecule has 27 heavy (non-hydrogen) atoms. The van der Waals surface area contributed by atoms with Crippen LogP contribution in [0.2, 0.25) is 0 Å². The summed E-state index contributed by atoms with van der Waals surface area (Å²) in [6.07, 6.45) is -0.724. The first-order valence-corrected chi connectivity index (χ1v) is 10.2. The van der Waals surface area contributed by atoms with Crippen molar-refractivity contribution in [3.8, 4) is 0 Å². The summed E-state index contributed by atoms with van der Waals surface area (Å²) in [5, 5.41) is 45.6. The first-order valence-electron chi connectivity index (χ1n) is 10.2. The van der Waals surface area contributed by atoms with E-state index in [9.17, 15) is 25.2 Å². The molecule has 4 N–H and O–H groups in total. The van der Waals surface area contributed by atoms with Crippen LogP contribution in [0.25, 0.3) is 0 Å². The molecule has 150 valence electrons. The highest BCUT2D eigenvalue weighted by atomic mass is 16.6. The molecule has 0 amide bonds. The second-order valence-corrected chi connectivity index (χ2v) is 10.6. The van der Waals surface area contributed by atoms with E-state index in [0.717, 1.165) is 6.42 Å². The van der Waals surface area contributed by atoms with E-state index in [1.807, 2.05) is 0 Å². The lowest BCUT2D eigenvalue weighted by molar-refractivity contribution is -0.458. The summed E-state index contributed by atoms with van der Waals surface area (Å²) in [6, 6.07) is 0. The van der Waals surface area contributed by atoms with Crippen molar-refractivity contribution < 1.29 is 34.7 Å². The maximum absolute atomic E-state index is 13.7. The first kappa shape index (κ1) is 17.3. The molecule has 0 radical (unpaired) electrons. The molecule has 0 aromatic carbocycles. The summed E-state index contributed by atoms with van der Waals surface area (Å²) in [5.74, 6) is -3.71. The molecule has 3 saturated heterocycles. The minimum absolute atomic E-state index is 0.0980. The summed E-state index contributed by atoms with van der Waals surface area (Å²) in [6.45, 7) is 4.45. The number of epoxide rings is 1. The second kappa shape index (κ2) is 4.45. The maximum Gasteiger partial charge on any atom is 0.208 e. The fraction of sp³-hybridized carbons (Fsp3) is 0.950. The molecule has 7 aliphatic rings. The zero-order valence-electron chi connectivity index (χ0n) is 15.7. The van der Waals surface area contributed by atoms with Gasteiger partial charge in [-0.15, -0.1) is 0 Å². The maximum atomic E-state index is 13.7. The highest BCUT2D eigenvalue weighted by Gasteiger charge is 2.91. The van der Waals surface area contributed by atoms with Crippen LogP contribution in [0, 0.1) is 34.0 Å². The molecule has 0 aromatic heterocycles. The molecule has 6 unspecified atom stereocenters. The molecule has 4 bridgehead atoms. The number of hydrogen-bond donors (Lipinski definition) is 4. The van der Waals surface area contributed by atoms with Crippen molar-refractivity contribution in [3.05, 3.63) is 0 Å². The smallest absolute Gasteiger partial charge is 0.208 e. The Morgan fingerprint density at radius 3 is 2.37 bits per heavy atom. The Bertz CT molecular complexity index is 747. The molecule has 4 aliphatic carbocycles. The highest BCUT2D eigenvalue weighted by molar-refractivity contribution is 6.00. The van der Waals surface area contributed by atoms with Crippen molar-refractivity contribution in [3.63, 3.8) is 0 Å². The Labute approximate surface area is 157 Å². The molecule has 3 spiro atoms. The van der Waals surface area contributed by atoms with Crippen LogP contribution >= 0.6 is 0 Å². The topological polar surface area (TPSA) is 120 Å². The lowest BCUT2D eigenvalue weighted by Crippen LogP contribution is -2.85. The number of aliphatic hydroxyl groups is 4. The van der Waals surface area contributed by atoms with E-state index in [0.29, 0.717) is 19.3 Å². The van der Waals surface area contributed by atoms with Crippen LogP contribution in [0.4, 0.5) is 0 Å². The van der Waals surface area contributed by atoms with E-state index in [1.165, 1.54) is 0 Å². The summed E-state index contributed by atoms with van der Waals surface area (Å²) in [4.78, 5) is 13.7. The highest BCUT2D eigenvalue weighted by Crippen LogP contribution is 2.78. The predicted molar refractivity (Wildman–Crippen MR) is 90.2 cm³/mol. The third-order valence-electron chi connectivity index (χ3n) is 9.58. The molecule has 7 fully saturated rings. The van der Waals surface area contributed by atoms with E-state index in [1.54, 1.807) is 0 Å². The number of rotatable bonds is 0. The monoisotopic (exact) mass is 380 g/mol. The van der Waals surface area contributed by atoms with Crippen molar-refractivity contribution in [1.29, 1.82) is 0 Å². The van der Waals surface area contributed by atoms with Gasteiger partial charge in [-0.2, -0.15) is 0 Å². The molecule has 7 rings (SSSR count). The molecule has 4 saturated carbocycles. The van der Waals surface area contributed by atoms with Gasteiger partial charge in [0.25, 0.3) is 0 Å². The molecular weight excluding hydrogens is 352 g/mol. The van der Waals surface area contributed by atoms with Gasteiger partial charge >= 0.3 is 0 Å². The van der Waals surface area contributed by atoms with Gasteiger partial charge in [0, 0.05) is 17.3 Å². The van der Waals surface area contributed by atoms with Crippen LogP contribution in [-0.2, 0) is 14.3 Å². The number of carbonyl (C=O) groups excluding carboxylic acids is 1. The zero-order chi connectivity index (χ0) is 19.2. The summed E-state index contributed by atoms with van der Waals surface area (Å²) >= 11 is 0. The molecule has 7 nitrogen and oxygen atoms in total. The van der Waals surface area contributed by atoms with Crippen LogP contribution in [0.5, 0.6) is 0 Å². The lowest BCUT2D eigenvalue weighted by atomic mass is 9.35. The Morgan fingerprint density at radius 2 is 1.70 bits per heavy atom. The van der Waals surface area contributed by atoms with Gasteiger partial charge < -0.3 is 29.9 Å². The summed E-state index contributed by atoms with van der Waals surface area (Å²) in [5.41, 5.74) is -3.86. The van der Waals surface area contributed by atoms with Gasteiger partial charge in [0.1, 0.15) is 11.5 Å². The van der Waals surface area contributed by atoms with Crippen LogP contribution in [0.3, 0.4) is 0 Å². The fourth-order valence-corrected chi connectivity index (χ4v) is 8.53. The van der Waals surface area contributed by atoms with Crippen LogP contribution in [-0.4, -0.2) is 69.1 Å². The molecule has 10 atom stereocenters. The number of aliphatic hydroxyl groups excluding tert-OH is 3. The number of fused-ring (bicyclic) bond motifs is 3. The van der Waals surface area contributed by atoms with Crippen LogP contribution in [0.15, 0.2) is 0 Å². The van der Waals surface area contributed by atoms with Crippen LogP contribution in [0.1, 0.15) is 39.5 Å². The number of ether oxygens (including phenoxy) is 2. The number of Topliss-reactive ketones (excluding diaryl/α,β-unsaturated/α-hetero) is 1. The van der Waals surface area contributed by atoms with Crippen molar-refractivity contribution in [2.45, 2.75) is 69.2 Å². The zero-order valence-corrected chi connectivity index (χ0v) is 15.7. The van der Waals surface area contributed by atoms with Gasteiger partial charge in [-0.3, -0.25) is 4.79 Å². The summed E-state index contributed by atoms with van der Waals surface area (Å²) < 4.78 is 11.4. The largest absolute Gasteiger partial charge is 0.392 e. The lowest BCUT2D eigenvalue weighted by Gasteiger charge is -2.74. The average Bonchev–Trinajstić information content (AvgIpc) is 3.40. The Morgan fingerprint density at radius 1 is 1.00 bits per heavy atom. The van der Waals surface area contributed by atoms with Gasteiger partial charge in [0.2, 0.25) is 5.79 Å². The number of carbonyl (C=O) groups is 1. The molecule has 3 aliphatic heterocycles. The van der Waals surface area contributed by atoms with Gasteiger partial charge in [-0.1, -0.05) is 13.8 Å². The minimum atomic E-state index is -2.15. The molecule has 0 aromatic rings. The minimum Gasteiger partial charge on any atom is -0.392 e. The second-order valence-electron chi connectivity index (χ2n) is 10.6. The Balaban J connectivity index is 1.64. The number of ketones is 1. The van der Waals surface area contributed by atoms with E-state index >= 15 is 0 Å². The fourth-order valence-electron chi connectivity index (χ4n) is 8.53. The average molecular weight is 380 g/mol. The SMILES string of the molecule is CC1(C)CC[C@H](O)[C@]23COC(O)([C@@H](O)C12)C12C(=O)[C@@]4(CO4)C(CCC13)C2O.